The van der Waals surface area contributed by atoms with Crippen molar-refractivity contribution in [3.05, 3.63) is 0 Å². The molecule has 1 aliphatic rings. The van der Waals surface area contributed by atoms with Crippen molar-refractivity contribution < 1.29 is 4.79 Å². The maximum Gasteiger partial charge on any atom is 0.141 e. The summed E-state index contributed by atoms with van der Waals surface area (Å²) in [7, 11) is 0. The predicted molar refractivity (Wildman–Crippen MR) is 65.2 cm³/mol. The minimum atomic E-state index is -0.387. The molecule has 1 unspecified atom stereocenters. The first-order chi connectivity index (χ1) is 7.79. The molecular formula is C11H24N4O. The Morgan fingerprint density at radius 2 is 2.12 bits per heavy atom. The van der Waals surface area contributed by atoms with Crippen LogP contribution in [0, 0.1) is 0 Å². The van der Waals surface area contributed by atoms with Crippen LogP contribution in [0.2, 0.25) is 0 Å². The number of nitrogens with zero attached hydrogens (tertiary/aromatic N) is 1. The van der Waals surface area contributed by atoms with Crippen LogP contribution in [0.1, 0.15) is 19.3 Å². The average molecular weight is 228 g/mol. The van der Waals surface area contributed by atoms with Gasteiger partial charge in [0.05, 0.1) is 5.54 Å². The number of hydrogen-bond acceptors (Lipinski definition) is 5. The number of nitrogens with one attached hydrogen (secondary N) is 1. The third-order valence-corrected chi connectivity index (χ3v) is 3.30. The zero-order valence-corrected chi connectivity index (χ0v) is 9.95. The predicted octanol–water partition coefficient (Wildman–Crippen LogP) is -1.08. The third-order valence-electron chi connectivity index (χ3n) is 3.30. The fourth-order valence-electron chi connectivity index (χ4n) is 2.31. The Morgan fingerprint density at radius 1 is 1.31 bits per heavy atom. The number of unbranched alkanes of at least 4 members (excludes halogenated alkanes) is 1. The highest BCUT2D eigenvalue weighted by Crippen LogP contribution is 2.19. The van der Waals surface area contributed by atoms with Crippen molar-refractivity contribution in [2.75, 3.05) is 39.3 Å². The second kappa shape index (κ2) is 6.96. The van der Waals surface area contributed by atoms with Crippen LogP contribution in [0.15, 0.2) is 0 Å². The quantitative estimate of drug-likeness (QED) is 0.381. The number of rotatable bonds is 7. The summed E-state index contributed by atoms with van der Waals surface area (Å²) in [6.45, 7) is 4.80. The summed E-state index contributed by atoms with van der Waals surface area (Å²) in [5, 5.41) is 3.28. The summed E-state index contributed by atoms with van der Waals surface area (Å²) in [6.07, 6.45) is 3.86. The van der Waals surface area contributed by atoms with Gasteiger partial charge in [0.25, 0.3) is 0 Å². The number of nitrogens with two attached hydrogens (primary N) is 2. The Labute approximate surface area is 97.5 Å². The van der Waals surface area contributed by atoms with Crippen LogP contribution in [0.25, 0.3) is 0 Å². The van der Waals surface area contributed by atoms with Crippen LogP contribution in [-0.2, 0) is 4.79 Å². The van der Waals surface area contributed by atoms with E-state index in [1.165, 1.54) is 0 Å². The molecule has 1 aliphatic heterocycles. The summed E-state index contributed by atoms with van der Waals surface area (Å²) in [6, 6.07) is 0. The van der Waals surface area contributed by atoms with Crippen molar-refractivity contribution in [3.8, 4) is 0 Å². The molecule has 16 heavy (non-hydrogen) atoms. The Balaban J connectivity index is 2.56. The van der Waals surface area contributed by atoms with Gasteiger partial charge in [0, 0.05) is 19.6 Å². The maximum atomic E-state index is 11.4. The molecule has 0 bridgehead atoms. The van der Waals surface area contributed by atoms with E-state index in [4.69, 9.17) is 11.5 Å². The first-order valence-corrected chi connectivity index (χ1v) is 6.11. The van der Waals surface area contributed by atoms with E-state index >= 15 is 0 Å². The van der Waals surface area contributed by atoms with E-state index in [-0.39, 0.29) is 5.54 Å². The van der Waals surface area contributed by atoms with E-state index in [0.717, 1.165) is 58.3 Å². The minimum Gasteiger partial charge on any atom is -0.330 e. The molecule has 0 radical (unpaired) electrons. The van der Waals surface area contributed by atoms with Crippen LogP contribution in [0.3, 0.4) is 0 Å². The van der Waals surface area contributed by atoms with Crippen LogP contribution < -0.4 is 16.8 Å². The van der Waals surface area contributed by atoms with Gasteiger partial charge in [0.1, 0.15) is 6.29 Å². The molecule has 1 fully saturated rings. The molecule has 0 saturated carbocycles. The second-order valence-electron chi connectivity index (χ2n) is 4.42. The Bertz CT molecular complexity index is 208. The number of aldehydes is 1. The molecule has 0 amide bonds. The van der Waals surface area contributed by atoms with Crippen LogP contribution >= 0.6 is 0 Å². The summed E-state index contributed by atoms with van der Waals surface area (Å²) >= 11 is 0. The topological polar surface area (TPSA) is 84.4 Å². The van der Waals surface area contributed by atoms with E-state index in [1.807, 2.05) is 0 Å². The molecule has 94 valence electrons. The zero-order chi connectivity index (χ0) is 11.9. The van der Waals surface area contributed by atoms with E-state index in [1.54, 1.807) is 0 Å². The lowest BCUT2D eigenvalue weighted by Crippen LogP contribution is -2.63. The lowest BCUT2D eigenvalue weighted by molar-refractivity contribution is -0.120. The summed E-state index contributed by atoms with van der Waals surface area (Å²) < 4.78 is 0. The first kappa shape index (κ1) is 13.6. The number of piperazine rings is 1. The fraction of sp³-hybridized carbons (Fsp3) is 0.909. The third kappa shape index (κ3) is 3.25. The normalized spacial score (nSPS) is 26.9. The standard InChI is InChI=1S/C11H24N4O/c12-4-1-2-7-15-8-6-14-9-11(15,10-16)3-5-13/h10,14H,1-9,12-13H2. The molecule has 5 nitrogen and oxygen atoms in total. The molecular weight excluding hydrogens is 204 g/mol. The van der Waals surface area contributed by atoms with Crippen LogP contribution in [0.5, 0.6) is 0 Å². The van der Waals surface area contributed by atoms with Gasteiger partial charge in [-0.3, -0.25) is 4.90 Å². The lowest BCUT2D eigenvalue weighted by Gasteiger charge is -2.44. The molecule has 0 aliphatic carbocycles. The van der Waals surface area contributed by atoms with Gasteiger partial charge >= 0.3 is 0 Å². The van der Waals surface area contributed by atoms with Crippen molar-refractivity contribution >= 4 is 6.29 Å². The summed E-state index contributed by atoms with van der Waals surface area (Å²) in [5.41, 5.74) is 10.7. The van der Waals surface area contributed by atoms with Gasteiger partial charge in [0.15, 0.2) is 0 Å². The van der Waals surface area contributed by atoms with Crippen molar-refractivity contribution in [1.29, 1.82) is 0 Å². The van der Waals surface area contributed by atoms with Gasteiger partial charge in [-0.05, 0) is 38.9 Å². The number of carbonyl (C=O) groups is 1. The van der Waals surface area contributed by atoms with E-state index in [0.29, 0.717) is 6.54 Å². The molecule has 0 aromatic rings. The molecule has 0 aromatic carbocycles. The molecule has 1 atom stereocenters. The number of hydrogen-bond donors (Lipinski definition) is 3. The molecule has 0 aromatic heterocycles. The van der Waals surface area contributed by atoms with Crippen LogP contribution in [0.4, 0.5) is 0 Å². The smallest absolute Gasteiger partial charge is 0.141 e. The summed E-state index contributed by atoms with van der Waals surface area (Å²) in [5.74, 6) is 0. The largest absolute Gasteiger partial charge is 0.330 e. The monoisotopic (exact) mass is 228 g/mol. The van der Waals surface area contributed by atoms with Gasteiger partial charge < -0.3 is 21.6 Å². The van der Waals surface area contributed by atoms with E-state index in [2.05, 4.69) is 10.2 Å². The van der Waals surface area contributed by atoms with E-state index in [9.17, 15) is 4.79 Å². The molecule has 1 heterocycles. The first-order valence-electron chi connectivity index (χ1n) is 6.11. The van der Waals surface area contributed by atoms with Crippen LogP contribution in [-0.4, -0.2) is 56.0 Å². The van der Waals surface area contributed by atoms with Gasteiger partial charge in [-0.15, -0.1) is 0 Å². The van der Waals surface area contributed by atoms with Crippen molar-refractivity contribution in [1.82, 2.24) is 10.2 Å². The zero-order valence-electron chi connectivity index (χ0n) is 9.95. The summed E-state index contributed by atoms with van der Waals surface area (Å²) in [4.78, 5) is 13.6. The van der Waals surface area contributed by atoms with E-state index < -0.39 is 0 Å². The van der Waals surface area contributed by atoms with Gasteiger partial charge in [-0.25, -0.2) is 0 Å². The van der Waals surface area contributed by atoms with Gasteiger partial charge in [-0.1, -0.05) is 0 Å². The minimum absolute atomic E-state index is 0.387. The molecule has 1 saturated heterocycles. The van der Waals surface area contributed by atoms with Crippen molar-refractivity contribution in [2.45, 2.75) is 24.8 Å². The second-order valence-corrected chi connectivity index (χ2v) is 4.42. The highest BCUT2D eigenvalue weighted by Gasteiger charge is 2.37. The highest BCUT2D eigenvalue weighted by molar-refractivity contribution is 5.65. The molecule has 5 N–H and O–H groups in total. The van der Waals surface area contributed by atoms with Gasteiger partial charge in [-0.2, -0.15) is 0 Å². The Morgan fingerprint density at radius 3 is 2.75 bits per heavy atom. The lowest BCUT2D eigenvalue weighted by atomic mass is 9.92. The van der Waals surface area contributed by atoms with Gasteiger partial charge in [0.2, 0.25) is 0 Å². The Hall–Kier alpha value is -0.490. The number of carbonyl (C=O) groups excluding carboxylic acids is 1. The maximum absolute atomic E-state index is 11.4. The molecule has 1 rings (SSSR count). The van der Waals surface area contributed by atoms with Crippen molar-refractivity contribution in [2.24, 2.45) is 11.5 Å². The SMILES string of the molecule is NCCCCN1CCNCC1(C=O)CCN. The highest BCUT2D eigenvalue weighted by atomic mass is 16.1. The molecule has 5 heteroatoms. The molecule has 0 spiro atoms. The average Bonchev–Trinajstić information content (AvgIpc) is 2.32. The fourth-order valence-corrected chi connectivity index (χ4v) is 2.31. The van der Waals surface area contributed by atoms with Crippen molar-refractivity contribution in [3.63, 3.8) is 0 Å². The Kier molecular flexibility index (Phi) is 5.90.